The highest BCUT2D eigenvalue weighted by molar-refractivity contribution is 5.80. The second kappa shape index (κ2) is 6.11. The SMILES string of the molecule is CN=C(NCC1CC1)N1CCN(c2ccccn2)CC1. The number of aromatic nitrogens is 1. The molecule has 1 aromatic rings. The predicted molar refractivity (Wildman–Crippen MR) is 82.1 cm³/mol. The zero-order chi connectivity index (χ0) is 13.8. The topological polar surface area (TPSA) is 43.8 Å². The Morgan fingerprint density at radius 3 is 2.70 bits per heavy atom. The zero-order valence-corrected chi connectivity index (χ0v) is 12.1. The van der Waals surface area contributed by atoms with Gasteiger partial charge in [-0.2, -0.15) is 0 Å². The molecule has 0 spiro atoms. The molecule has 3 rings (SSSR count). The predicted octanol–water partition coefficient (Wildman–Crippen LogP) is 1.19. The summed E-state index contributed by atoms with van der Waals surface area (Å²) >= 11 is 0. The molecule has 0 atom stereocenters. The third-order valence-corrected chi connectivity index (χ3v) is 4.01. The number of rotatable bonds is 3. The molecule has 1 N–H and O–H groups in total. The second-order valence-electron chi connectivity index (χ2n) is 5.53. The molecule has 1 saturated carbocycles. The van der Waals surface area contributed by atoms with Gasteiger partial charge in [0.2, 0.25) is 0 Å². The summed E-state index contributed by atoms with van der Waals surface area (Å²) < 4.78 is 0. The van der Waals surface area contributed by atoms with Gasteiger partial charge in [-0.25, -0.2) is 4.98 Å². The van der Waals surface area contributed by atoms with Gasteiger partial charge in [0.25, 0.3) is 0 Å². The van der Waals surface area contributed by atoms with E-state index < -0.39 is 0 Å². The minimum atomic E-state index is 0.876. The third kappa shape index (κ3) is 3.21. The van der Waals surface area contributed by atoms with E-state index in [1.165, 1.54) is 12.8 Å². The summed E-state index contributed by atoms with van der Waals surface area (Å²) in [5, 5.41) is 3.50. The van der Waals surface area contributed by atoms with E-state index in [2.05, 4.69) is 31.2 Å². The fourth-order valence-electron chi connectivity index (χ4n) is 2.58. The number of hydrogen-bond donors (Lipinski definition) is 1. The molecule has 1 aromatic heterocycles. The summed E-state index contributed by atoms with van der Waals surface area (Å²) in [6.45, 7) is 5.08. The van der Waals surface area contributed by atoms with E-state index in [-0.39, 0.29) is 0 Å². The van der Waals surface area contributed by atoms with E-state index in [4.69, 9.17) is 0 Å². The molecule has 1 saturated heterocycles. The van der Waals surface area contributed by atoms with Crippen molar-refractivity contribution in [1.29, 1.82) is 0 Å². The van der Waals surface area contributed by atoms with Gasteiger partial charge in [0.15, 0.2) is 5.96 Å². The Bertz CT molecular complexity index is 447. The maximum atomic E-state index is 4.42. The molecular formula is C15H23N5. The van der Waals surface area contributed by atoms with Crippen molar-refractivity contribution in [2.45, 2.75) is 12.8 Å². The lowest BCUT2D eigenvalue weighted by molar-refractivity contribution is 0.371. The van der Waals surface area contributed by atoms with Crippen molar-refractivity contribution >= 4 is 11.8 Å². The number of guanidine groups is 1. The average molecular weight is 273 g/mol. The Labute approximate surface area is 120 Å². The first-order valence-corrected chi connectivity index (χ1v) is 7.48. The fraction of sp³-hybridized carbons (Fsp3) is 0.600. The highest BCUT2D eigenvalue weighted by Gasteiger charge is 2.24. The number of hydrogen-bond acceptors (Lipinski definition) is 3. The van der Waals surface area contributed by atoms with Gasteiger partial charge < -0.3 is 15.1 Å². The van der Waals surface area contributed by atoms with Crippen LogP contribution in [0.2, 0.25) is 0 Å². The molecule has 5 nitrogen and oxygen atoms in total. The Balaban J connectivity index is 1.51. The van der Waals surface area contributed by atoms with Gasteiger partial charge in [-0.1, -0.05) is 6.07 Å². The van der Waals surface area contributed by atoms with Crippen molar-refractivity contribution < 1.29 is 0 Å². The van der Waals surface area contributed by atoms with Crippen molar-refractivity contribution in [3.05, 3.63) is 24.4 Å². The Morgan fingerprint density at radius 2 is 2.10 bits per heavy atom. The normalized spacial score (nSPS) is 20.1. The Morgan fingerprint density at radius 1 is 1.30 bits per heavy atom. The lowest BCUT2D eigenvalue weighted by Crippen LogP contribution is -2.53. The van der Waals surface area contributed by atoms with Crippen LogP contribution in [0.1, 0.15) is 12.8 Å². The van der Waals surface area contributed by atoms with Crippen molar-refractivity contribution in [3.8, 4) is 0 Å². The summed E-state index contributed by atoms with van der Waals surface area (Å²) in [6.07, 6.45) is 4.60. The van der Waals surface area contributed by atoms with Crippen molar-refractivity contribution in [2.24, 2.45) is 10.9 Å². The number of piperazine rings is 1. The molecule has 2 heterocycles. The smallest absolute Gasteiger partial charge is 0.193 e. The third-order valence-electron chi connectivity index (χ3n) is 4.01. The van der Waals surface area contributed by atoms with Gasteiger partial charge in [-0.05, 0) is 30.9 Å². The Hall–Kier alpha value is -1.78. The van der Waals surface area contributed by atoms with Crippen LogP contribution in [0.3, 0.4) is 0 Å². The van der Waals surface area contributed by atoms with E-state index in [0.29, 0.717) is 0 Å². The average Bonchev–Trinajstić information content (AvgIpc) is 3.34. The Kier molecular flexibility index (Phi) is 4.04. The molecule has 5 heteroatoms. The van der Waals surface area contributed by atoms with Crippen LogP contribution in [-0.4, -0.2) is 55.6 Å². The number of nitrogens with one attached hydrogen (secondary N) is 1. The van der Waals surface area contributed by atoms with Crippen LogP contribution in [0.4, 0.5) is 5.82 Å². The largest absolute Gasteiger partial charge is 0.356 e. The van der Waals surface area contributed by atoms with Crippen LogP contribution in [0.15, 0.2) is 29.4 Å². The van der Waals surface area contributed by atoms with Crippen LogP contribution in [-0.2, 0) is 0 Å². The maximum absolute atomic E-state index is 4.42. The van der Waals surface area contributed by atoms with Crippen molar-refractivity contribution in [1.82, 2.24) is 15.2 Å². The van der Waals surface area contributed by atoms with Gasteiger partial charge >= 0.3 is 0 Å². The standard InChI is InChI=1S/C15H23N5/c1-16-15(18-12-13-5-6-13)20-10-8-19(9-11-20)14-4-2-3-7-17-14/h2-4,7,13H,5-6,8-12H2,1H3,(H,16,18). The van der Waals surface area contributed by atoms with Gasteiger partial charge in [0, 0.05) is 46.0 Å². The highest BCUT2D eigenvalue weighted by atomic mass is 15.4. The summed E-state index contributed by atoms with van der Waals surface area (Å²) in [7, 11) is 1.88. The molecular weight excluding hydrogens is 250 g/mol. The summed E-state index contributed by atoms with van der Waals surface area (Å²) in [6, 6.07) is 6.09. The number of aliphatic imine (C=N–C) groups is 1. The number of pyridine rings is 1. The van der Waals surface area contributed by atoms with E-state index >= 15 is 0 Å². The first-order valence-electron chi connectivity index (χ1n) is 7.48. The van der Waals surface area contributed by atoms with Crippen molar-refractivity contribution in [3.63, 3.8) is 0 Å². The molecule has 1 aliphatic carbocycles. The second-order valence-corrected chi connectivity index (χ2v) is 5.53. The van der Waals surface area contributed by atoms with E-state index in [0.717, 1.165) is 50.4 Å². The molecule has 20 heavy (non-hydrogen) atoms. The molecule has 2 fully saturated rings. The molecule has 0 amide bonds. The van der Waals surface area contributed by atoms with Crippen LogP contribution >= 0.6 is 0 Å². The van der Waals surface area contributed by atoms with Crippen molar-refractivity contribution in [2.75, 3.05) is 44.7 Å². The lowest BCUT2D eigenvalue weighted by Gasteiger charge is -2.37. The number of anilines is 1. The van der Waals surface area contributed by atoms with Crippen LogP contribution < -0.4 is 10.2 Å². The molecule has 0 aromatic carbocycles. The molecule has 0 unspecified atom stereocenters. The van der Waals surface area contributed by atoms with Gasteiger partial charge in [0.05, 0.1) is 0 Å². The monoisotopic (exact) mass is 273 g/mol. The molecule has 1 aliphatic heterocycles. The minimum absolute atomic E-state index is 0.876. The number of nitrogens with zero attached hydrogens (tertiary/aromatic N) is 4. The zero-order valence-electron chi connectivity index (χ0n) is 12.1. The van der Waals surface area contributed by atoms with Crippen LogP contribution in [0, 0.1) is 5.92 Å². The first kappa shape index (κ1) is 13.2. The van der Waals surface area contributed by atoms with E-state index in [1.807, 2.05) is 25.4 Å². The minimum Gasteiger partial charge on any atom is -0.356 e. The molecule has 108 valence electrons. The molecule has 2 aliphatic rings. The van der Waals surface area contributed by atoms with Gasteiger partial charge in [-0.3, -0.25) is 4.99 Å². The van der Waals surface area contributed by atoms with E-state index in [9.17, 15) is 0 Å². The fourth-order valence-corrected chi connectivity index (χ4v) is 2.58. The van der Waals surface area contributed by atoms with Gasteiger partial charge in [-0.15, -0.1) is 0 Å². The lowest BCUT2D eigenvalue weighted by atomic mass is 10.3. The summed E-state index contributed by atoms with van der Waals surface area (Å²) in [5.74, 6) is 3.01. The van der Waals surface area contributed by atoms with E-state index in [1.54, 1.807) is 0 Å². The van der Waals surface area contributed by atoms with Crippen LogP contribution in [0.5, 0.6) is 0 Å². The quantitative estimate of drug-likeness (QED) is 0.663. The van der Waals surface area contributed by atoms with Gasteiger partial charge in [0.1, 0.15) is 5.82 Å². The maximum Gasteiger partial charge on any atom is 0.193 e. The summed E-state index contributed by atoms with van der Waals surface area (Å²) in [5.41, 5.74) is 0. The highest BCUT2D eigenvalue weighted by Crippen LogP contribution is 2.27. The summed E-state index contributed by atoms with van der Waals surface area (Å²) in [4.78, 5) is 13.5. The molecule has 0 bridgehead atoms. The first-order chi connectivity index (χ1) is 9.86. The van der Waals surface area contributed by atoms with Crippen LogP contribution in [0.25, 0.3) is 0 Å². The molecule has 0 radical (unpaired) electrons.